The molecule has 0 saturated carbocycles. The highest BCUT2D eigenvalue weighted by molar-refractivity contribution is 8.00. The van der Waals surface area contributed by atoms with Crippen LogP contribution in [0.4, 0.5) is 0 Å². The lowest BCUT2D eigenvalue weighted by molar-refractivity contribution is 0.0985. The van der Waals surface area contributed by atoms with Crippen LogP contribution in [0.5, 0.6) is 0 Å². The number of carbonyl (C=O) groups excluding carboxylic acids is 1. The van der Waals surface area contributed by atoms with Gasteiger partial charge in [-0.15, -0.1) is 0 Å². The number of furan rings is 1. The van der Waals surface area contributed by atoms with Crippen molar-refractivity contribution < 1.29 is 9.21 Å². The van der Waals surface area contributed by atoms with E-state index in [1.54, 1.807) is 18.0 Å². The van der Waals surface area contributed by atoms with E-state index in [-0.39, 0.29) is 11.0 Å². The molecule has 1 aromatic heterocycles. The molecule has 1 aliphatic heterocycles. The number of rotatable bonds is 2. The standard InChI is InChI=1S/C14H14O2S/c15-14(13-7-3-4-8-17-13)11-9-16-12-6-2-1-5-10(11)12/h1-2,5-6,9,13H,3-4,7-8H2. The molecule has 2 heterocycles. The molecule has 0 aliphatic carbocycles. The first kappa shape index (κ1) is 10.9. The Morgan fingerprint density at radius 3 is 3.00 bits per heavy atom. The summed E-state index contributed by atoms with van der Waals surface area (Å²) in [5.74, 6) is 1.34. The average molecular weight is 246 g/mol. The van der Waals surface area contributed by atoms with Crippen molar-refractivity contribution in [1.29, 1.82) is 0 Å². The quantitative estimate of drug-likeness (QED) is 0.753. The first-order valence-corrected chi connectivity index (χ1v) is 7.03. The summed E-state index contributed by atoms with van der Waals surface area (Å²) in [7, 11) is 0. The molecule has 1 fully saturated rings. The van der Waals surface area contributed by atoms with E-state index >= 15 is 0 Å². The van der Waals surface area contributed by atoms with E-state index in [1.807, 2.05) is 24.3 Å². The lowest BCUT2D eigenvalue weighted by Crippen LogP contribution is -2.20. The third-order valence-corrected chi connectivity index (χ3v) is 4.60. The van der Waals surface area contributed by atoms with Gasteiger partial charge in [0.1, 0.15) is 11.8 Å². The van der Waals surface area contributed by atoms with Crippen LogP contribution in [-0.4, -0.2) is 16.8 Å². The molecule has 0 spiro atoms. The Kier molecular flexibility index (Phi) is 2.93. The van der Waals surface area contributed by atoms with E-state index in [9.17, 15) is 4.79 Å². The topological polar surface area (TPSA) is 30.2 Å². The molecule has 0 bridgehead atoms. The molecule has 1 unspecified atom stereocenters. The Morgan fingerprint density at radius 1 is 1.29 bits per heavy atom. The van der Waals surface area contributed by atoms with Gasteiger partial charge in [0.05, 0.1) is 10.8 Å². The van der Waals surface area contributed by atoms with E-state index in [4.69, 9.17) is 4.42 Å². The van der Waals surface area contributed by atoms with Crippen LogP contribution >= 0.6 is 11.8 Å². The lowest BCUT2D eigenvalue weighted by atomic mass is 10.0. The van der Waals surface area contributed by atoms with Crippen LogP contribution in [0.3, 0.4) is 0 Å². The molecule has 1 saturated heterocycles. The third-order valence-electron chi connectivity index (χ3n) is 3.22. The second kappa shape index (κ2) is 4.57. The minimum Gasteiger partial charge on any atom is -0.464 e. The van der Waals surface area contributed by atoms with Crippen LogP contribution in [0.25, 0.3) is 11.0 Å². The van der Waals surface area contributed by atoms with E-state index in [2.05, 4.69) is 0 Å². The van der Waals surface area contributed by atoms with Crippen molar-refractivity contribution in [1.82, 2.24) is 0 Å². The lowest BCUT2D eigenvalue weighted by Gasteiger charge is -2.19. The fourth-order valence-electron chi connectivity index (χ4n) is 2.29. The van der Waals surface area contributed by atoms with Crippen molar-refractivity contribution in [2.75, 3.05) is 5.75 Å². The second-order valence-electron chi connectivity index (χ2n) is 4.37. The summed E-state index contributed by atoms with van der Waals surface area (Å²) in [4.78, 5) is 12.4. The van der Waals surface area contributed by atoms with E-state index in [0.29, 0.717) is 0 Å². The van der Waals surface area contributed by atoms with Gasteiger partial charge in [0, 0.05) is 5.39 Å². The van der Waals surface area contributed by atoms with Crippen molar-refractivity contribution in [2.24, 2.45) is 0 Å². The highest BCUT2D eigenvalue weighted by atomic mass is 32.2. The molecule has 2 nitrogen and oxygen atoms in total. The van der Waals surface area contributed by atoms with Crippen molar-refractivity contribution in [3.8, 4) is 0 Å². The van der Waals surface area contributed by atoms with Gasteiger partial charge in [0.2, 0.25) is 0 Å². The number of ketones is 1. The van der Waals surface area contributed by atoms with Gasteiger partial charge in [-0.1, -0.05) is 24.6 Å². The van der Waals surface area contributed by atoms with Crippen LogP contribution in [0.1, 0.15) is 29.6 Å². The van der Waals surface area contributed by atoms with Crippen molar-refractivity contribution in [3.05, 3.63) is 36.1 Å². The number of carbonyl (C=O) groups is 1. The maximum absolute atomic E-state index is 12.4. The van der Waals surface area contributed by atoms with Crippen molar-refractivity contribution >= 4 is 28.5 Å². The Labute approximate surface area is 104 Å². The molecule has 3 heteroatoms. The van der Waals surface area contributed by atoms with Crippen LogP contribution in [-0.2, 0) is 0 Å². The number of benzene rings is 1. The van der Waals surface area contributed by atoms with Gasteiger partial charge in [-0.2, -0.15) is 11.8 Å². The van der Waals surface area contributed by atoms with Crippen LogP contribution in [0, 0.1) is 0 Å². The summed E-state index contributed by atoms with van der Waals surface area (Å²) >= 11 is 1.79. The molecular formula is C14H14O2S. The summed E-state index contributed by atoms with van der Waals surface area (Å²) in [6, 6.07) is 7.73. The van der Waals surface area contributed by atoms with Gasteiger partial charge in [-0.25, -0.2) is 0 Å². The van der Waals surface area contributed by atoms with Gasteiger partial charge in [-0.3, -0.25) is 4.79 Å². The fourth-order valence-corrected chi connectivity index (χ4v) is 3.56. The zero-order chi connectivity index (χ0) is 11.7. The Balaban J connectivity index is 1.95. The largest absolute Gasteiger partial charge is 0.464 e. The first-order chi connectivity index (χ1) is 8.36. The van der Waals surface area contributed by atoms with Crippen LogP contribution in [0.15, 0.2) is 34.9 Å². The van der Waals surface area contributed by atoms with Crippen molar-refractivity contribution in [2.45, 2.75) is 24.5 Å². The molecule has 0 amide bonds. The molecule has 1 atom stereocenters. The fraction of sp³-hybridized carbons (Fsp3) is 0.357. The third kappa shape index (κ3) is 2.00. The number of Topliss-reactive ketones (excluding diaryl/α,β-unsaturated/α-hetero) is 1. The molecule has 1 aliphatic rings. The number of hydrogen-bond donors (Lipinski definition) is 0. The SMILES string of the molecule is O=C(c1coc2ccccc12)C1CCCCS1. The normalized spacial score (nSPS) is 20.6. The molecule has 88 valence electrons. The number of thioether (sulfide) groups is 1. The van der Waals surface area contributed by atoms with Gasteiger partial charge >= 0.3 is 0 Å². The van der Waals surface area contributed by atoms with Crippen LogP contribution < -0.4 is 0 Å². The van der Waals surface area contributed by atoms with Gasteiger partial charge < -0.3 is 4.42 Å². The molecule has 3 rings (SSSR count). The Morgan fingerprint density at radius 2 is 2.18 bits per heavy atom. The molecule has 0 radical (unpaired) electrons. The smallest absolute Gasteiger partial charge is 0.179 e. The van der Waals surface area contributed by atoms with Gasteiger partial charge in [0.25, 0.3) is 0 Å². The highest BCUT2D eigenvalue weighted by Crippen LogP contribution is 2.30. The van der Waals surface area contributed by atoms with Gasteiger partial charge in [-0.05, 0) is 24.7 Å². The predicted octanol–water partition coefficient (Wildman–Crippen LogP) is 3.90. The summed E-state index contributed by atoms with van der Waals surface area (Å²) in [6.07, 6.45) is 5.02. The van der Waals surface area contributed by atoms with E-state index in [1.165, 1.54) is 12.8 Å². The van der Waals surface area contributed by atoms with Crippen molar-refractivity contribution in [3.63, 3.8) is 0 Å². The number of fused-ring (bicyclic) bond motifs is 1. The minimum absolute atomic E-state index is 0.129. The zero-order valence-electron chi connectivity index (χ0n) is 9.52. The highest BCUT2D eigenvalue weighted by Gasteiger charge is 2.25. The summed E-state index contributed by atoms with van der Waals surface area (Å²) in [5, 5.41) is 1.08. The van der Waals surface area contributed by atoms with Gasteiger partial charge in [0.15, 0.2) is 5.78 Å². The Bertz CT molecular complexity index is 538. The average Bonchev–Trinajstić information content (AvgIpc) is 2.83. The predicted molar refractivity (Wildman–Crippen MR) is 70.6 cm³/mol. The molecule has 2 aromatic rings. The Hall–Kier alpha value is -1.22. The van der Waals surface area contributed by atoms with Crippen LogP contribution in [0.2, 0.25) is 0 Å². The zero-order valence-corrected chi connectivity index (χ0v) is 10.3. The summed E-state index contributed by atoms with van der Waals surface area (Å²) in [5.41, 5.74) is 1.55. The first-order valence-electron chi connectivity index (χ1n) is 5.98. The molecule has 1 aromatic carbocycles. The van der Waals surface area contributed by atoms with E-state index < -0.39 is 0 Å². The molecular weight excluding hydrogens is 232 g/mol. The number of para-hydroxylation sites is 1. The molecule has 17 heavy (non-hydrogen) atoms. The summed E-state index contributed by atoms with van der Waals surface area (Å²) in [6.45, 7) is 0. The maximum atomic E-state index is 12.4. The summed E-state index contributed by atoms with van der Waals surface area (Å²) < 4.78 is 5.43. The second-order valence-corrected chi connectivity index (χ2v) is 5.68. The minimum atomic E-state index is 0.129. The molecule has 0 N–H and O–H groups in total. The van der Waals surface area contributed by atoms with E-state index in [0.717, 1.165) is 28.7 Å². The monoisotopic (exact) mass is 246 g/mol. The number of hydrogen-bond acceptors (Lipinski definition) is 3. The maximum Gasteiger partial charge on any atom is 0.179 e.